The number of carbonyl (C=O) groups excluding carboxylic acids is 1. The number of benzene rings is 1. The minimum atomic E-state index is -4.68. The van der Waals surface area contributed by atoms with E-state index in [9.17, 15) is 26.4 Å². The molecule has 210 valence electrons. The number of fused-ring (bicyclic) bond motifs is 1. The Morgan fingerprint density at radius 2 is 1.80 bits per heavy atom. The maximum atomic E-state index is 13.8. The van der Waals surface area contributed by atoms with E-state index in [1.54, 1.807) is 29.2 Å². The van der Waals surface area contributed by atoms with E-state index < -0.39 is 28.0 Å². The van der Waals surface area contributed by atoms with Crippen LogP contribution in [0.5, 0.6) is 0 Å². The minimum Gasteiger partial charge on any atom is -0.441 e. The maximum absolute atomic E-state index is 13.8. The lowest BCUT2D eigenvalue weighted by molar-refractivity contribution is -0.140. The lowest BCUT2D eigenvalue weighted by Gasteiger charge is -2.37. The first-order valence-corrected chi connectivity index (χ1v) is 14.6. The third kappa shape index (κ3) is 4.77. The Morgan fingerprint density at radius 1 is 1.07 bits per heavy atom. The third-order valence-electron chi connectivity index (χ3n) is 6.69. The van der Waals surface area contributed by atoms with Crippen LogP contribution in [-0.4, -0.2) is 78.8 Å². The van der Waals surface area contributed by atoms with Crippen LogP contribution < -0.4 is 4.90 Å². The van der Waals surface area contributed by atoms with Crippen molar-refractivity contribution in [2.75, 3.05) is 44.3 Å². The number of alkyl halides is 3. The smallest absolute Gasteiger partial charge is 0.434 e. The summed E-state index contributed by atoms with van der Waals surface area (Å²) < 4.78 is 79.1. The van der Waals surface area contributed by atoms with Gasteiger partial charge in [-0.1, -0.05) is 18.2 Å². The van der Waals surface area contributed by atoms with E-state index in [0.29, 0.717) is 61.8 Å². The molecule has 40 heavy (non-hydrogen) atoms. The summed E-state index contributed by atoms with van der Waals surface area (Å²) >= 11 is 0.702. The molecule has 15 heteroatoms. The zero-order chi connectivity index (χ0) is 28.1. The van der Waals surface area contributed by atoms with Crippen LogP contribution in [-0.2, 0) is 25.7 Å². The Bertz CT molecular complexity index is 1660. The third-order valence-corrected chi connectivity index (χ3v) is 9.27. The molecule has 4 aromatic rings. The first-order valence-electron chi connectivity index (χ1n) is 12.3. The standard InChI is InChI=1S/C25H22F3N5O5S2/c26-25(27,28)21-15-39-23(30-21)20-12-18-19(31-8-10-32(11-9-31)24(34)38-16-13-37-14-16)6-7-29-22(18)33(20)40(35,36)17-4-2-1-3-5-17/h1-7,12,15-16H,8-11,13-14H2. The van der Waals surface area contributed by atoms with Crippen LogP contribution in [0, 0.1) is 0 Å². The Kier molecular flexibility index (Phi) is 6.67. The molecule has 0 saturated carbocycles. The zero-order valence-electron chi connectivity index (χ0n) is 20.7. The van der Waals surface area contributed by atoms with Gasteiger partial charge in [0.25, 0.3) is 10.0 Å². The highest BCUT2D eigenvalue weighted by Gasteiger charge is 2.36. The second-order valence-electron chi connectivity index (χ2n) is 9.23. The Balaban J connectivity index is 1.40. The molecule has 2 aliphatic heterocycles. The summed E-state index contributed by atoms with van der Waals surface area (Å²) in [5, 5.41) is 1.18. The molecule has 0 bridgehead atoms. The molecule has 0 spiro atoms. The predicted octanol–water partition coefficient (Wildman–Crippen LogP) is 4.07. The van der Waals surface area contributed by atoms with Crippen molar-refractivity contribution in [2.24, 2.45) is 0 Å². The summed E-state index contributed by atoms with van der Waals surface area (Å²) in [5.41, 5.74) is -0.427. The lowest BCUT2D eigenvalue weighted by atomic mass is 10.2. The number of ether oxygens (including phenoxy) is 2. The second-order valence-corrected chi connectivity index (χ2v) is 11.9. The second kappa shape index (κ2) is 10.1. The van der Waals surface area contributed by atoms with Crippen LogP contribution in [0.15, 0.2) is 58.9 Å². The van der Waals surface area contributed by atoms with Gasteiger partial charge in [0.1, 0.15) is 5.01 Å². The van der Waals surface area contributed by atoms with Crippen molar-refractivity contribution < 1.29 is 35.9 Å². The summed E-state index contributed by atoms with van der Waals surface area (Å²) in [6.45, 7) is 2.36. The summed E-state index contributed by atoms with van der Waals surface area (Å²) in [7, 11) is -4.26. The molecule has 5 heterocycles. The average Bonchev–Trinajstić information content (AvgIpc) is 3.57. The first kappa shape index (κ1) is 26.5. The van der Waals surface area contributed by atoms with Gasteiger partial charge in [0.05, 0.1) is 23.8 Å². The summed E-state index contributed by atoms with van der Waals surface area (Å²) in [6.07, 6.45) is -3.88. The first-order chi connectivity index (χ1) is 19.1. The van der Waals surface area contributed by atoms with Crippen LogP contribution in [0.1, 0.15) is 5.69 Å². The Morgan fingerprint density at radius 3 is 2.42 bits per heavy atom. The molecule has 1 amide bonds. The fourth-order valence-corrected chi connectivity index (χ4v) is 6.95. The lowest BCUT2D eigenvalue weighted by Crippen LogP contribution is -2.51. The number of thiazole rings is 1. The normalized spacial score (nSPS) is 16.8. The average molecular weight is 594 g/mol. The maximum Gasteiger partial charge on any atom is 0.434 e. The van der Waals surface area contributed by atoms with Gasteiger partial charge in [-0.15, -0.1) is 11.3 Å². The molecule has 0 radical (unpaired) electrons. The molecule has 2 fully saturated rings. The number of pyridine rings is 1. The molecule has 0 atom stereocenters. The van der Waals surface area contributed by atoms with Gasteiger partial charge < -0.3 is 19.3 Å². The summed E-state index contributed by atoms with van der Waals surface area (Å²) in [5.74, 6) is 0. The summed E-state index contributed by atoms with van der Waals surface area (Å²) in [6, 6.07) is 10.8. The number of hydrogen-bond acceptors (Lipinski definition) is 9. The fourth-order valence-electron chi connectivity index (χ4n) is 4.58. The van der Waals surface area contributed by atoms with Gasteiger partial charge in [-0.3, -0.25) is 0 Å². The highest BCUT2D eigenvalue weighted by Crippen LogP contribution is 2.39. The van der Waals surface area contributed by atoms with Gasteiger partial charge in [0.15, 0.2) is 17.4 Å². The molecule has 0 aliphatic carbocycles. The molecule has 1 aromatic carbocycles. The number of nitrogens with zero attached hydrogens (tertiary/aromatic N) is 5. The number of aromatic nitrogens is 3. The topological polar surface area (TPSA) is 107 Å². The highest BCUT2D eigenvalue weighted by molar-refractivity contribution is 7.90. The number of piperazine rings is 1. The monoisotopic (exact) mass is 593 g/mol. The van der Waals surface area contributed by atoms with Crippen LogP contribution in [0.3, 0.4) is 0 Å². The number of rotatable bonds is 5. The number of halogens is 3. The van der Waals surface area contributed by atoms with E-state index in [1.165, 1.54) is 24.4 Å². The molecule has 0 unspecified atom stereocenters. The van der Waals surface area contributed by atoms with Gasteiger partial charge in [-0.2, -0.15) is 13.2 Å². The molecule has 3 aromatic heterocycles. The number of carbonyl (C=O) groups is 1. The summed E-state index contributed by atoms with van der Waals surface area (Å²) in [4.78, 5) is 24.0. The predicted molar refractivity (Wildman–Crippen MR) is 140 cm³/mol. The zero-order valence-corrected chi connectivity index (χ0v) is 22.4. The molecular formula is C25H22F3N5O5S2. The van der Waals surface area contributed by atoms with Crippen molar-refractivity contribution >= 4 is 44.2 Å². The largest absolute Gasteiger partial charge is 0.441 e. The van der Waals surface area contributed by atoms with Crippen molar-refractivity contribution in [1.82, 2.24) is 18.8 Å². The van der Waals surface area contributed by atoms with Crippen molar-refractivity contribution in [1.29, 1.82) is 0 Å². The van der Waals surface area contributed by atoms with Gasteiger partial charge in [0, 0.05) is 48.8 Å². The molecule has 10 nitrogen and oxygen atoms in total. The Hall–Kier alpha value is -3.69. The fraction of sp³-hybridized carbons (Fsp3) is 0.320. The van der Waals surface area contributed by atoms with Crippen LogP contribution in [0.25, 0.3) is 21.7 Å². The van der Waals surface area contributed by atoms with Gasteiger partial charge in [-0.05, 0) is 24.3 Å². The number of hydrogen-bond donors (Lipinski definition) is 0. The van der Waals surface area contributed by atoms with E-state index in [-0.39, 0.29) is 27.3 Å². The van der Waals surface area contributed by atoms with Crippen LogP contribution >= 0.6 is 11.3 Å². The van der Waals surface area contributed by atoms with Crippen molar-refractivity contribution in [3.8, 4) is 10.7 Å². The highest BCUT2D eigenvalue weighted by atomic mass is 32.2. The van der Waals surface area contributed by atoms with E-state index in [2.05, 4.69) is 9.97 Å². The van der Waals surface area contributed by atoms with Crippen molar-refractivity contribution in [3.05, 3.63) is 59.7 Å². The molecule has 2 saturated heterocycles. The quantitative estimate of drug-likeness (QED) is 0.341. The van der Waals surface area contributed by atoms with E-state index >= 15 is 0 Å². The Labute approximate surface area is 230 Å². The van der Waals surface area contributed by atoms with E-state index in [4.69, 9.17) is 9.47 Å². The van der Waals surface area contributed by atoms with Gasteiger partial charge in [0.2, 0.25) is 0 Å². The molecule has 6 rings (SSSR count). The van der Waals surface area contributed by atoms with Crippen molar-refractivity contribution in [3.63, 3.8) is 0 Å². The van der Waals surface area contributed by atoms with E-state index in [1.807, 2.05) is 4.90 Å². The van der Waals surface area contributed by atoms with E-state index in [0.717, 1.165) is 9.35 Å². The van der Waals surface area contributed by atoms with Gasteiger partial charge >= 0.3 is 12.3 Å². The number of amides is 1. The van der Waals surface area contributed by atoms with Crippen molar-refractivity contribution in [2.45, 2.75) is 17.2 Å². The van der Waals surface area contributed by atoms with Gasteiger partial charge in [-0.25, -0.2) is 27.2 Å². The molecular weight excluding hydrogens is 571 g/mol. The molecule has 0 N–H and O–H groups in total. The minimum absolute atomic E-state index is 0.0239. The van der Waals surface area contributed by atoms with Crippen LogP contribution in [0.4, 0.5) is 23.7 Å². The molecule has 2 aliphatic rings. The number of anilines is 1. The SMILES string of the molecule is O=C(OC1COC1)N1CCN(c2ccnc3c2cc(-c2nc(C(F)(F)F)cs2)n3S(=O)(=O)c2ccccc2)CC1. The van der Waals surface area contributed by atoms with Crippen LogP contribution in [0.2, 0.25) is 0 Å².